The molecule has 1 aromatic carbocycles. The molecule has 0 unspecified atom stereocenters. The molecule has 32 heavy (non-hydrogen) atoms. The monoisotopic (exact) mass is 476 g/mol. The molecular formula is C22H16ClF3N4OS. The van der Waals surface area contributed by atoms with E-state index in [2.05, 4.69) is 10.1 Å². The maximum atomic E-state index is 13.8. The topological polar surface area (TPSA) is 50.5 Å². The van der Waals surface area contributed by atoms with Gasteiger partial charge in [-0.25, -0.2) is 9.50 Å². The first-order valence-corrected chi connectivity index (χ1v) is 11.2. The number of carbonyl (C=O) groups is 1. The molecule has 0 fully saturated rings. The van der Waals surface area contributed by atoms with Gasteiger partial charge in [0.05, 0.1) is 22.7 Å². The third-order valence-corrected chi connectivity index (χ3v) is 6.67. The fourth-order valence-corrected chi connectivity index (χ4v) is 4.85. The van der Waals surface area contributed by atoms with E-state index in [0.717, 1.165) is 30.2 Å². The number of thiophene rings is 1. The molecule has 0 saturated carbocycles. The molecule has 0 radical (unpaired) electrons. The molecule has 0 spiro atoms. The van der Waals surface area contributed by atoms with Gasteiger partial charge in [0.25, 0.3) is 0 Å². The second kappa shape index (κ2) is 7.90. The SMILES string of the molecule is O=C(Cc1nn2c(C(F)(F)F)cc(-c3cccs3)nc2c1Cl)N1CCCc2ccccc21. The molecule has 5 rings (SSSR count). The van der Waals surface area contributed by atoms with E-state index in [1.54, 1.807) is 22.4 Å². The average Bonchev–Trinajstić information content (AvgIpc) is 3.41. The maximum absolute atomic E-state index is 13.8. The van der Waals surface area contributed by atoms with Crippen LogP contribution < -0.4 is 4.90 Å². The van der Waals surface area contributed by atoms with Crippen molar-refractivity contribution in [2.75, 3.05) is 11.4 Å². The molecule has 0 saturated heterocycles. The number of para-hydroxylation sites is 1. The zero-order valence-corrected chi connectivity index (χ0v) is 18.1. The number of hydrogen-bond donors (Lipinski definition) is 0. The van der Waals surface area contributed by atoms with Crippen LogP contribution in [0, 0.1) is 0 Å². The maximum Gasteiger partial charge on any atom is 0.433 e. The van der Waals surface area contributed by atoms with Gasteiger partial charge in [-0.15, -0.1) is 11.3 Å². The lowest BCUT2D eigenvalue weighted by molar-refractivity contribution is -0.142. The minimum atomic E-state index is -4.67. The van der Waals surface area contributed by atoms with Crippen molar-refractivity contribution >= 4 is 40.2 Å². The van der Waals surface area contributed by atoms with E-state index in [-0.39, 0.29) is 34.4 Å². The van der Waals surface area contributed by atoms with Crippen LogP contribution in [0.25, 0.3) is 16.2 Å². The molecule has 0 atom stereocenters. The smallest absolute Gasteiger partial charge is 0.312 e. The second-order valence-electron chi connectivity index (χ2n) is 7.45. The summed E-state index contributed by atoms with van der Waals surface area (Å²) in [7, 11) is 0. The van der Waals surface area contributed by atoms with Crippen molar-refractivity contribution in [1.29, 1.82) is 0 Å². The van der Waals surface area contributed by atoms with Crippen molar-refractivity contribution in [1.82, 2.24) is 14.6 Å². The van der Waals surface area contributed by atoms with E-state index in [9.17, 15) is 18.0 Å². The Morgan fingerprint density at radius 2 is 2.00 bits per heavy atom. The molecule has 0 N–H and O–H groups in total. The predicted octanol–water partition coefficient (Wildman–Crippen LogP) is 5.65. The van der Waals surface area contributed by atoms with Gasteiger partial charge in [-0.3, -0.25) is 4.79 Å². The fraction of sp³-hybridized carbons (Fsp3) is 0.227. The number of hydrogen-bond acceptors (Lipinski definition) is 4. The van der Waals surface area contributed by atoms with Crippen molar-refractivity contribution in [3.05, 3.63) is 69.8 Å². The molecule has 1 aliphatic rings. The lowest BCUT2D eigenvalue weighted by Gasteiger charge is -2.29. The zero-order valence-electron chi connectivity index (χ0n) is 16.6. The number of nitrogens with zero attached hydrogens (tertiary/aromatic N) is 4. The first-order chi connectivity index (χ1) is 15.3. The van der Waals surface area contributed by atoms with Gasteiger partial charge in [0, 0.05) is 12.2 Å². The molecular weight excluding hydrogens is 461 g/mol. The number of benzene rings is 1. The molecule has 10 heteroatoms. The highest BCUT2D eigenvalue weighted by atomic mass is 35.5. The van der Waals surface area contributed by atoms with Crippen LogP contribution in [0.2, 0.25) is 5.02 Å². The highest BCUT2D eigenvalue weighted by Gasteiger charge is 2.36. The van der Waals surface area contributed by atoms with Crippen LogP contribution in [-0.2, 0) is 23.8 Å². The molecule has 164 valence electrons. The van der Waals surface area contributed by atoms with Gasteiger partial charge >= 0.3 is 6.18 Å². The molecule has 0 bridgehead atoms. The third kappa shape index (κ3) is 3.65. The van der Waals surface area contributed by atoms with Crippen LogP contribution in [0.4, 0.5) is 18.9 Å². The predicted molar refractivity (Wildman–Crippen MR) is 117 cm³/mol. The van der Waals surface area contributed by atoms with Gasteiger partial charge in [-0.1, -0.05) is 35.9 Å². The number of fused-ring (bicyclic) bond motifs is 2. The number of carbonyl (C=O) groups excluding carboxylic acids is 1. The Morgan fingerprint density at radius 3 is 2.75 bits per heavy atom. The second-order valence-corrected chi connectivity index (χ2v) is 8.78. The Labute approximate surface area is 190 Å². The van der Waals surface area contributed by atoms with Crippen LogP contribution in [0.15, 0.2) is 47.8 Å². The minimum absolute atomic E-state index is 0.0486. The lowest BCUT2D eigenvalue weighted by Crippen LogP contribution is -2.36. The first-order valence-electron chi connectivity index (χ1n) is 9.90. The van der Waals surface area contributed by atoms with Crippen LogP contribution in [-0.4, -0.2) is 27.0 Å². The fourth-order valence-electron chi connectivity index (χ4n) is 3.93. The summed E-state index contributed by atoms with van der Waals surface area (Å²) in [6, 6.07) is 12.0. The number of anilines is 1. The lowest BCUT2D eigenvalue weighted by atomic mass is 10.0. The number of rotatable bonds is 3. The third-order valence-electron chi connectivity index (χ3n) is 5.39. The summed E-state index contributed by atoms with van der Waals surface area (Å²) < 4.78 is 42.1. The Bertz CT molecular complexity index is 1320. The van der Waals surface area contributed by atoms with Crippen LogP contribution in [0.1, 0.15) is 23.4 Å². The number of halogens is 4. The quantitative estimate of drug-likeness (QED) is 0.384. The molecule has 1 amide bonds. The van der Waals surface area contributed by atoms with Crippen molar-refractivity contribution in [3.8, 4) is 10.6 Å². The van der Waals surface area contributed by atoms with Gasteiger partial charge in [-0.05, 0) is 42.0 Å². The number of aryl methyl sites for hydroxylation is 1. The zero-order chi connectivity index (χ0) is 22.5. The van der Waals surface area contributed by atoms with Gasteiger partial charge in [0.2, 0.25) is 5.91 Å². The van der Waals surface area contributed by atoms with Crippen LogP contribution in [0.5, 0.6) is 0 Å². The van der Waals surface area contributed by atoms with E-state index < -0.39 is 11.9 Å². The van der Waals surface area contributed by atoms with Crippen LogP contribution in [0.3, 0.4) is 0 Å². The average molecular weight is 477 g/mol. The molecule has 3 aromatic heterocycles. The summed E-state index contributed by atoms with van der Waals surface area (Å²) in [4.78, 5) is 19.6. The molecule has 1 aliphatic heterocycles. The van der Waals surface area contributed by atoms with E-state index in [0.29, 0.717) is 15.9 Å². The highest BCUT2D eigenvalue weighted by Crippen LogP contribution is 2.36. The number of amides is 1. The van der Waals surface area contributed by atoms with E-state index in [1.165, 1.54) is 11.3 Å². The normalized spacial score (nSPS) is 14.1. The van der Waals surface area contributed by atoms with Crippen molar-refractivity contribution < 1.29 is 18.0 Å². The molecule has 4 heterocycles. The van der Waals surface area contributed by atoms with Crippen LogP contribution >= 0.6 is 22.9 Å². The number of alkyl halides is 3. The van der Waals surface area contributed by atoms with Gasteiger partial charge < -0.3 is 4.90 Å². The first kappa shape index (κ1) is 21.0. The van der Waals surface area contributed by atoms with Gasteiger partial charge in [0.1, 0.15) is 5.02 Å². The largest absolute Gasteiger partial charge is 0.433 e. The minimum Gasteiger partial charge on any atom is -0.312 e. The van der Waals surface area contributed by atoms with Gasteiger partial charge in [0.15, 0.2) is 11.3 Å². The Hall–Kier alpha value is -2.91. The number of aromatic nitrogens is 3. The van der Waals surface area contributed by atoms with Crippen molar-refractivity contribution in [2.24, 2.45) is 0 Å². The Kier molecular flexibility index (Phi) is 5.17. The molecule has 5 nitrogen and oxygen atoms in total. The molecule has 0 aliphatic carbocycles. The summed E-state index contributed by atoms with van der Waals surface area (Å²) >= 11 is 7.69. The van der Waals surface area contributed by atoms with Crippen molar-refractivity contribution in [3.63, 3.8) is 0 Å². The summed E-state index contributed by atoms with van der Waals surface area (Å²) in [6.45, 7) is 0.537. The molecule has 4 aromatic rings. The summed E-state index contributed by atoms with van der Waals surface area (Å²) in [6.07, 6.45) is -3.21. The van der Waals surface area contributed by atoms with Gasteiger partial charge in [-0.2, -0.15) is 18.3 Å². The Morgan fingerprint density at radius 1 is 1.19 bits per heavy atom. The van der Waals surface area contributed by atoms with E-state index in [4.69, 9.17) is 11.6 Å². The summed E-state index contributed by atoms with van der Waals surface area (Å²) in [5.74, 6) is -0.269. The highest BCUT2D eigenvalue weighted by molar-refractivity contribution is 7.13. The summed E-state index contributed by atoms with van der Waals surface area (Å²) in [5.41, 5.74) is 1.000. The van der Waals surface area contributed by atoms with Crippen molar-refractivity contribution in [2.45, 2.75) is 25.4 Å². The Balaban J connectivity index is 1.56. The summed E-state index contributed by atoms with van der Waals surface area (Å²) in [5, 5.41) is 5.76. The standard InChI is InChI=1S/C22H16ClF3N4OS/c23-20-15(12-19(31)29-9-3-6-13-5-1-2-7-16(13)29)28-30-18(22(24,25)26)11-14(27-21(20)30)17-8-4-10-32-17/h1-2,4-5,7-8,10-11H,3,6,9,12H2. The van der Waals surface area contributed by atoms with E-state index in [1.807, 2.05) is 24.3 Å². The van der Waals surface area contributed by atoms with E-state index >= 15 is 0 Å².